The summed E-state index contributed by atoms with van der Waals surface area (Å²) in [5.41, 5.74) is 7.15. The van der Waals surface area contributed by atoms with E-state index in [-0.39, 0.29) is 18.4 Å². The van der Waals surface area contributed by atoms with Gasteiger partial charge in [0.25, 0.3) is 5.91 Å². The summed E-state index contributed by atoms with van der Waals surface area (Å²) in [4.78, 5) is 30.6. The molecule has 204 valence electrons. The van der Waals surface area contributed by atoms with E-state index in [0.717, 1.165) is 29.3 Å². The van der Waals surface area contributed by atoms with Crippen LogP contribution in [0.4, 0.5) is 0 Å². The summed E-state index contributed by atoms with van der Waals surface area (Å²) >= 11 is 12.6. The van der Waals surface area contributed by atoms with Gasteiger partial charge in [0.1, 0.15) is 11.6 Å². The van der Waals surface area contributed by atoms with Crippen LogP contribution in [0.1, 0.15) is 49.0 Å². The molecule has 3 rings (SSSR count). The molecule has 0 radical (unpaired) electrons. The van der Waals surface area contributed by atoms with Gasteiger partial charge in [-0.3, -0.25) is 9.59 Å². The molecule has 0 aromatic heterocycles. The van der Waals surface area contributed by atoms with Gasteiger partial charge in [0.2, 0.25) is 0 Å². The molecule has 3 aromatic carbocycles. The van der Waals surface area contributed by atoms with Crippen LogP contribution in [0, 0.1) is 0 Å². The molecule has 8 heteroatoms. The number of carbonyl (C=O) groups excluding carboxylic acids is 2. The Labute approximate surface area is 235 Å². The lowest BCUT2D eigenvalue weighted by Crippen LogP contribution is -2.48. The number of amides is 1. The highest BCUT2D eigenvalue weighted by molar-refractivity contribution is 6.42. The number of benzene rings is 3. The van der Waals surface area contributed by atoms with Crippen molar-refractivity contribution in [3.8, 4) is 0 Å². The normalized spacial score (nSPS) is 13.4. The van der Waals surface area contributed by atoms with Crippen LogP contribution < -0.4 is 5.73 Å². The first kappa shape index (κ1) is 29.9. The second-order valence-corrected chi connectivity index (χ2v) is 11.7. The molecule has 3 aromatic rings. The number of nitrogens with zero attached hydrogens (tertiary/aromatic N) is 2. The maximum Gasteiger partial charge on any atom is 0.325 e. The van der Waals surface area contributed by atoms with Crippen molar-refractivity contribution in [3.05, 3.63) is 81.8 Å². The summed E-state index contributed by atoms with van der Waals surface area (Å²) in [6.45, 7) is 6.51. The number of fused-ring (bicyclic) bond motifs is 1. The molecular formula is C30H37Cl2N3O3. The third-order valence-corrected chi connectivity index (χ3v) is 6.95. The zero-order valence-corrected chi connectivity index (χ0v) is 24.2. The zero-order valence-electron chi connectivity index (χ0n) is 22.7. The smallest absolute Gasteiger partial charge is 0.325 e. The standard InChI is InChI=1S/C30H37Cl2N3O3/c1-30(2,3)38-29(37)27(33)19-35(28(36)24-12-8-10-20-9-6-7-11-23(20)24)18-22(15-16-34(4)5)21-13-14-25(31)26(32)17-21/h6-14,17,22,27H,15-16,18-19,33H2,1-5H3. The molecule has 1 amide bonds. The molecule has 0 heterocycles. The van der Waals surface area contributed by atoms with Crippen molar-refractivity contribution in [1.82, 2.24) is 9.80 Å². The highest BCUT2D eigenvalue weighted by Crippen LogP contribution is 2.30. The Hall–Kier alpha value is -2.64. The summed E-state index contributed by atoms with van der Waals surface area (Å²) in [6.07, 6.45) is 0.756. The van der Waals surface area contributed by atoms with Crippen LogP contribution in [-0.2, 0) is 9.53 Å². The van der Waals surface area contributed by atoms with E-state index in [2.05, 4.69) is 4.90 Å². The van der Waals surface area contributed by atoms with Crippen LogP contribution in [-0.4, -0.2) is 67.0 Å². The Morgan fingerprint density at radius 2 is 1.63 bits per heavy atom. The van der Waals surface area contributed by atoms with Gasteiger partial charge in [-0.1, -0.05) is 65.7 Å². The average Bonchev–Trinajstić information content (AvgIpc) is 2.85. The molecule has 6 nitrogen and oxygen atoms in total. The average molecular weight is 559 g/mol. The molecule has 0 bridgehead atoms. The lowest BCUT2D eigenvalue weighted by molar-refractivity contribution is -0.156. The second-order valence-electron chi connectivity index (χ2n) is 10.8. The maximum atomic E-state index is 14.1. The Bertz CT molecular complexity index is 1270. The van der Waals surface area contributed by atoms with Crippen molar-refractivity contribution in [2.45, 2.75) is 44.8 Å². The lowest BCUT2D eigenvalue weighted by atomic mass is 9.94. The van der Waals surface area contributed by atoms with E-state index >= 15 is 0 Å². The lowest BCUT2D eigenvalue weighted by Gasteiger charge is -2.31. The van der Waals surface area contributed by atoms with Gasteiger partial charge >= 0.3 is 5.97 Å². The van der Waals surface area contributed by atoms with Gasteiger partial charge < -0.3 is 20.3 Å². The summed E-state index contributed by atoms with van der Waals surface area (Å²) in [5, 5.41) is 2.73. The highest BCUT2D eigenvalue weighted by Gasteiger charge is 2.29. The third-order valence-electron chi connectivity index (χ3n) is 6.21. The van der Waals surface area contributed by atoms with Crippen molar-refractivity contribution >= 4 is 45.9 Å². The molecule has 0 fully saturated rings. The molecule has 0 saturated carbocycles. The van der Waals surface area contributed by atoms with Crippen molar-refractivity contribution in [3.63, 3.8) is 0 Å². The topological polar surface area (TPSA) is 75.9 Å². The Balaban J connectivity index is 2.00. The monoisotopic (exact) mass is 557 g/mol. The van der Waals surface area contributed by atoms with Crippen molar-refractivity contribution in [1.29, 1.82) is 0 Å². The van der Waals surface area contributed by atoms with Crippen LogP contribution >= 0.6 is 23.2 Å². The highest BCUT2D eigenvalue weighted by atomic mass is 35.5. The van der Waals surface area contributed by atoms with Gasteiger partial charge in [0, 0.05) is 24.6 Å². The number of carbonyl (C=O) groups is 2. The molecule has 0 aliphatic rings. The number of hydrogen-bond donors (Lipinski definition) is 1. The quantitative estimate of drug-likeness (QED) is 0.309. The van der Waals surface area contributed by atoms with Crippen LogP contribution in [0.5, 0.6) is 0 Å². The van der Waals surface area contributed by atoms with Crippen LogP contribution in [0.15, 0.2) is 60.7 Å². The minimum atomic E-state index is -1.00. The number of halogens is 2. The molecule has 38 heavy (non-hydrogen) atoms. The van der Waals surface area contributed by atoms with Gasteiger partial charge in [-0.2, -0.15) is 0 Å². The zero-order chi connectivity index (χ0) is 28.0. The van der Waals surface area contributed by atoms with Crippen LogP contribution in [0.2, 0.25) is 10.0 Å². The van der Waals surface area contributed by atoms with E-state index in [0.29, 0.717) is 22.2 Å². The fourth-order valence-corrected chi connectivity index (χ4v) is 4.63. The Morgan fingerprint density at radius 1 is 0.947 bits per heavy atom. The summed E-state index contributed by atoms with van der Waals surface area (Å²) in [6, 6.07) is 17.9. The largest absolute Gasteiger partial charge is 0.459 e. The predicted molar refractivity (Wildman–Crippen MR) is 156 cm³/mol. The van der Waals surface area contributed by atoms with E-state index in [4.69, 9.17) is 33.7 Å². The second kappa shape index (κ2) is 12.9. The molecule has 2 atom stereocenters. The first-order valence-corrected chi connectivity index (χ1v) is 13.5. The fourth-order valence-electron chi connectivity index (χ4n) is 4.32. The number of ether oxygens (including phenoxy) is 1. The van der Waals surface area contributed by atoms with Crippen LogP contribution in [0.25, 0.3) is 10.8 Å². The Kier molecular flexibility index (Phi) is 10.2. The summed E-state index contributed by atoms with van der Waals surface area (Å²) < 4.78 is 5.51. The third kappa shape index (κ3) is 8.18. The van der Waals surface area contributed by atoms with E-state index in [9.17, 15) is 9.59 Å². The fraction of sp³-hybridized carbons (Fsp3) is 0.400. The van der Waals surface area contributed by atoms with E-state index in [1.807, 2.05) is 68.7 Å². The molecule has 2 unspecified atom stereocenters. The molecule has 0 saturated heterocycles. The van der Waals surface area contributed by atoms with Gasteiger partial charge in [-0.05, 0) is 82.4 Å². The number of esters is 1. The van der Waals surface area contributed by atoms with Crippen molar-refractivity contribution < 1.29 is 14.3 Å². The Morgan fingerprint density at radius 3 is 2.29 bits per heavy atom. The maximum absolute atomic E-state index is 14.1. The predicted octanol–water partition coefficient (Wildman–Crippen LogP) is 5.99. The summed E-state index contributed by atoms with van der Waals surface area (Å²) in [7, 11) is 4.01. The van der Waals surface area contributed by atoms with E-state index < -0.39 is 17.6 Å². The van der Waals surface area contributed by atoms with Crippen molar-refractivity contribution in [2.24, 2.45) is 5.73 Å². The molecule has 0 aliphatic heterocycles. The number of rotatable bonds is 10. The minimum absolute atomic E-state index is 0.0107. The van der Waals surface area contributed by atoms with Gasteiger partial charge in [-0.25, -0.2) is 0 Å². The first-order chi connectivity index (χ1) is 17.9. The number of hydrogen-bond acceptors (Lipinski definition) is 5. The van der Waals surface area contributed by atoms with Crippen LogP contribution in [0.3, 0.4) is 0 Å². The molecule has 0 spiro atoms. The molecular weight excluding hydrogens is 521 g/mol. The molecule has 2 N–H and O–H groups in total. The minimum Gasteiger partial charge on any atom is -0.459 e. The van der Waals surface area contributed by atoms with Gasteiger partial charge in [0.15, 0.2) is 0 Å². The van der Waals surface area contributed by atoms with Gasteiger partial charge in [-0.15, -0.1) is 0 Å². The van der Waals surface area contributed by atoms with Gasteiger partial charge in [0.05, 0.1) is 10.0 Å². The summed E-state index contributed by atoms with van der Waals surface area (Å²) in [5.74, 6) is -0.819. The SMILES string of the molecule is CN(C)CCC(CN(CC(N)C(=O)OC(C)(C)C)C(=O)c1cccc2ccccc12)c1ccc(Cl)c(Cl)c1. The first-order valence-electron chi connectivity index (χ1n) is 12.7. The van der Waals surface area contributed by atoms with E-state index in [1.165, 1.54) is 0 Å². The van der Waals surface area contributed by atoms with E-state index in [1.54, 1.807) is 31.7 Å². The molecule has 0 aliphatic carbocycles. The number of nitrogens with two attached hydrogens (primary N) is 1. The van der Waals surface area contributed by atoms with Crippen molar-refractivity contribution in [2.75, 3.05) is 33.7 Å².